The molecule has 16 heavy (non-hydrogen) atoms. The van der Waals surface area contributed by atoms with Gasteiger partial charge in [0.05, 0.1) is 19.8 Å². The van der Waals surface area contributed by atoms with E-state index in [0.717, 1.165) is 38.8 Å². The van der Waals surface area contributed by atoms with Crippen molar-refractivity contribution in [2.45, 2.75) is 31.1 Å². The summed E-state index contributed by atoms with van der Waals surface area (Å²) in [6, 6.07) is 0.747. The smallest absolute Gasteiger partial charge is 0.182 e. The minimum Gasteiger partial charge on any atom is -0.346 e. The van der Waals surface area contributed by atoms with E-state index in [9.17, 15) is 0 Å². The van der Waals surface area contributed by atoms with E-state index < -0.39 is 0 Å². The maximum absolute atomic E-state index is 5.75. The Labute approximate surface area is 97.5 Å². The molecule has 4 heteroatoms. The van der Waals surface area contributed by atoms with Crippen LogP contribution in [0.4, 0.5) is 0 Å². The summed E-state index contributed by atoms with van der Waals surface area (Å²) < 4.78 is 11.5. The van der Waals surface area contributed by atoms with Gasteiger partial charge in [0.15, 0.2) is 5.79 Å². The normalized spacial score (nSPS) is 35.4. The number of likely N-dealkylation sites (tertiary alicyclic amines) is 2. The average Bonchev–Trinajstić information content (AvgIpc) is 2.96. The van der Waals surface area contributed by atoms with Crippen LogP contribution in [-0.2, 0) is 9.47 Å². The summed E-state index contributed by atoms with van der Waals surface area (Å²) in [7, 11) is 2.24. The van der Waals surface area contributed by atoms with Gasteiger partial charge >= 0.3 is 0 Å². The molecule has 1 spiro atoms. The van der Waals surface area contributed by atoms with Crippen molar-refractivity contribution in [1.82, 2.24) is 9.80 Å². The lowest BCUT2D eigenvalue weighted by Gasteiger charge is -2.27. The molecule has 92 valence electrons. The molecule has 0 saturated carbocycles. The first-order valence-corrected chi connectivity index (χ1v) is 6.48. The van der Waals surface area contributed by atoms with Crippen LogP contribution in [0, 0.1) is 0 Å². The van der Waals surface area contributed by atoms with Gasteiger partial charge in [0.2, 0.25) is 0 Å². The minimum absolute atomic E-state index is 0.239. The van der Waals surface area contributed by atoms with Crippen LogP contribution in [0.15, 0.2) is 0 Å². The molecule has 3 aliphatic rings. The molecule has 3 heterocycles. The molecule has 1 unspecified atom stereocenters. The first-order valence-electron chi connectivity index (χ1n) is 6.48. The standard InChI is InChI=1S/C12H22N2O2/c1-13-5-2-3-11(13)9-14-6-4-12(10-14)15-7-8-16-12/h11H,2-10H2,1H3. The van der Waals surface area contributed by atoms with Crippen molar-refractivity contribution in [3.8, 4) is 0 Å². The van der Waals surface area contributed by atoms with Crippen LogP contribution >= 0.6 is 0 Å². The molecule has 0 N–H and O–H groups in total. The van der Waals surface area contributed by atoms with Gasteiger partial charge in [0, 0.05) is 25.6 Å². The summed E-state index contributed by atoms with van der Waals surface area (Å²) >= 11 is 0. The summed E-state index contributed by atoms with van der Waals surface area (Å²) in [5.41, 5.74) is 0. The highest BCUT2D eigenvalue weighted by Gasteiger charge is 2.43. The molecule has 0 aromatic carbocycles. The second kappa shape index (κ2) is 4.26. The van der Waals surface area contributed by atoms with Gasteiger partial charge < -0.3 is 14.4 Å². The zero-order valence-corrected chi connectivity index (χ0v) is 10.2. The predicted octanol–water partition coefficient (Wildman–Crippen LogP) is 0.529. The first kappa shape index (κ1) is 11.0. The predicted molar refractivity (Wildman–Crippen MR) is 61.3 cm³/mol. The molecule has 3 fully saturated rings. The number of hydrogen-bond acceptors (Lipinski definition) is 4. The van der Waals surface area contributed by atoms with E-state index in [1.54, 1.807) is 0 Å². The van der Waals surface area contributed by atoms with Crippen LogP contribution < -0.4 is 0 Å². The fraction of sp³-hybridized carbons (Fsp3) is 1.00. The third-order valence-electron chi connectivity index (χ3n) is 4.23. The van der Waals surface area contributed by atoms with E-state index in [-0.39, 0.29) is 5.79 Å². The molecule has 4 nitrogen and oxygen atoms in total. The topological polar surface area (TPSA) is 24.9 Å². The Hall–Kier alpha value is -0.160. The molecule has 0 amide bonds. The lowest BCUT2D eigenvalue weighted by Crippen LogP contribution is -2.40. The van der Waals surface area contributed by atoms with Crippen molar-refractivity contribution in [3.05, 3.63) is 0 Å². The molecule has 0 aromatic rings. The molecular formula is C12H22N2O2. The van der Waals surface area contributed by atoms with Gasteiger partial charge in [-0.3, -0.25) is 4.90 Å². The molecule has 1 atom stereocenters. The molecule has 0 bridgehead atoms. The van der Waals surface area contributed by atoms with E-state index in [1.807, 2.05) is 0 Å². The lowest BCUT2D eigenvalue weighted by molar-refractivity contribution is -0.145. The van der Waals surface area contributed by atoms with E-state index in [0.29, 0.717) is 0 Å². The summed E-state index contributed by atoms with van der Waals surface area (Å²) in [6.45, 7) is 6.09. The molecular weight excluding hydrogens is 204 g/mol. The number of ether oxygens (including phenoxy) is 2. The van der Waals surface area contributed by atoms with Crippen molar-refractivity contribution >= 4 is 0 Å². The second-order valence-corrected chi connectivity index (χ2v) is 5.37. The Kier molecular flexibility index (Phi) is 2.92. The molecule has 0 aliphatic carbocycles. The maximum atomic E-state index is 5.75. The summed E-state index contributed by atoms with van der Waals surface area (Å²) in [5.74, 6) is -0.239. The highest BCUT2D eigenvalue weighted by Crippen LogP contribution is 2.31. The molecule has 0 radical (unpaired) electrons. The van der Waals surface area contributed by atoms with Gasteiger partial charge in [-0.25, -0.2) is 0 Å². The Balaban J connectivity index is 1.53. The van der Waals surface area contributed by atoms with Crippen molar-refractivity contribution in [1.29, 1.82) is 0 Å². The van der Waals surface area contributed by atoms with E-state index in [4.69, 9.17) is 9.47 Å². The average molecular weight is 226 g/mol. The van der Waals surface area contributed by atoms with Crippen LogP contribution in [0.5, 0.6) is 0 Å². The van der Waals surface area contributed by atoms with Crippen LogP contribution in [0.25, 0.3) is 0 Å². The SMILES string of the molecule is CN1CCCC1CN1CCC2(C1)OCCO2. The monoisotopic (exact) mass is 226 g/mol. The molecule has 0 aromatic heterocycles. The van der Waals surface area contributed by atoms with Gasteiger partial charge in [-0.15, -0.1) is 0 Å². The highest BCUT2D eigenvalue weighted by atomic mass is 16.7. The maximum Gasteiger partial charge on any atom is 0.182 e. The number of likely N-dealkylation sites (N-methyl/N-ethyl adjacent to an activating group) is 1. The third-order valence-corrected chi connectivity index (χ3v) is 4.23. The van der Waals surface area contributed by atoms with E-state index in [1.165, 1.54) is 25.9 Å². The van der Waals surface area contributed by atoms with E-state index in [2.05, 4.69) is 16.8 Å². The van der Waals surface area contributed by atoms with Gasteiger partial charge in [-0.1, -0.05) is 0 Å². The summed E-state index contributed by atoms with van der Waals surface area (Å²) in [4.78, 5) is 5.00. The molecule has 3 saturated heterocycles. The Morgan fingerprint density at radius 3 is 2.75 bits per heavy atom. The number of nitrogens with zero attached hydrogens (tertiary/aromatic N) is 2. The van der Waals surface area contributed by atoms with Gasteiger partial charge in [0.1, 0.15) is 0 Å². The van der Waals surface area contributed by atoms with Gasteiger partial charge in [-0.2, -0.15) is 0 Å². The van der Waals surface area contributed by atoms with Crippen molar-refractivity contribution < 1.29 is 9.47 Å². The van der Waals surface area contributed by atoms with E-state index >= 15 is 0 Å². The Bertz CT molecular complexity index is 253. The largest absolute Gasteiger partial charge is 0.346 e. The third kappa shape index (κ3) is 1.99. The van der Waals surface area contributed by atoms with Crippen LogP contribution in [0.2, 0.25) is 0 Å². The first-order chi connectivity index (χ1) is 7.77. The van der Waals surface area contributed by atoms with Crippen molar-refractivity contribution in [3.63, 3.8) is 0 Å². The van der Waals surface area contributed by atoms with Gasteiger partial charge in [-0.05, 0) is 26.4 Å². The van der Waals surface area contributed by atoms with Crippen LogP contribution in [0.3, 0.4) is 0 Å². The quantitative estimate of drug-likeness (QED) is 0.686. The Morgan fingerprint density at radius 2 is 2.06 bits per heavy atom. The van der Waals surface area contributed by atoms with Gasteiger partial charge in [0.25, 0.3) is 0 Å². The van der Waals surface area contributed by atoms with Crippen LogP contribution in [0.1, 0.15) is 19.3 Å². The lowest BCUT2D eigenvalue weighted by atomic mass is 10.2. The second-order valence-electron chi connectivity index (χ2n) is 5.37. The zero-order valence-electron chi connectivity index (χ0n) is 10.2. The Morgan fingerprint density at radius 1 is 1.25 bits per heavy atom. The number of rotatable bonds is 2. The highest BCUT2D eigenvalue weighted by molar-refractivity contribution is 4.89. The van der Waals surface area contributed by atoms with Crippen molar-refractivity contribution in [2.75, 3.05) is 46.4 Å². The fourth-order valence-corrected chi connectivity index (χ4v) is 3.22. The minimum atomic E-state index is -0.239. The summed E-state index contributed by atoms with van der Waals surface area (Å²) in [6.07, 6.45) is 3.75. The summed E-state index contributed by atoms with van der Waals surface area (Å²) in [5, 5.41) is 0. The van der Waals surface area contributed by atoms with Crippen molar-refractivity contribution in [2.24, 2.45) is 0 Å². The zero-order chi connectivity index (χ0) is 11.0. The number of hydrogen-bond donors (Lipinski definition) is 0. The molecule has 3 rings (SSSR count). The molecule has 3 aliphatic heterocycles. The van der Waals surface area contributed by atoms with Crippen LogP contribution in [-0.4, -0.2) is 68.1 Å². The fourth-order valence-electron chi connectivity index (χ4n) is 3.22.